The van der Waals surface area contributed by atoms with E-state index in [1.807, 2.05) is 13.0 Å². The maximum atomic E-state index is 12.2. The number of rotatable bonds is 5. The van der Waals surface area contributed by atoms with Crippen LogP contribution in [0.3, 0.4) is 0 Å². The number of anilines is 1. The van der Waals surface area contributed by atoms with Gasteiger partial charge in [-0.1, -0.05) is 0 Å². The second-order valence-electron chi connectivity index (χ2n) is 5.17. The minimum absolute atomic E-state index is 0.0560. The highest BCUT2D eigenvalue weighted by atomic mass is 16.5. The second kappa shape index (κ2) is 7.24. The molecule has 1 amide bonds. The number of amides is 1. The quantitative estimate of drug-likeness (QED) is 0.864. The van der Waals surface area contributed by atoms with Crippen LogP contribution in [0.5, 0.6) is 0 Å². The maximum absolute atomic E-state index is 12.2. The minimum Gasteiger partial charge on any atom is -0.381 e. The van der Waals surface area contributed by atoms with Crippen LogP contribution in [0.4, 0.5) is 5.82 Å². The number of aromatic nitrogens is 1. The Morgan fingerprint density at radius 3 is 2.80 bits per heavy atom. The number of nitrogens with zero attached hydrogens (tertiary/aromatic N) is 1. The predicted molar refractivity (Wildman–Crippen MR) is 78.9 cm³/mol. The van der Waals surface area contributed by atoms with Crippen LogP contribution in [0.25, 0.3) is 0 Å². The molecule has 0 radical (unpaired) electrons. The summed E-state index contributed by atoms with van der Waals surface area (Å²) in [5.74, 6) is 1.24. The molecule has 1 aliphatic rings. The predicted octanol–water partition coefficient (Wildman–Crippen LogP) is 2.06. The summed E-state index contributed by atoms with van der Waals surface area (Å²) < 4.78 is 5.35. The van der Waals surface area contributed by atoms with Crippen LogP contribution in [0.1, 0.15) is 37.0 Å². The first-order valence-electron chi connectivity index (χ1n) is 7.29. The van der Waals surface area contributed by atoms with Gasteiger partial charge in [-0.25, -0.2) is 4.98 Å². The lowest BCUT2D eigenvalue weighted by molar-refractivity contribution is 0.0538. The number of carbonyl (C=O) groups is 1. The lowest BCUT2D eigenvalue weighted by atomic mass is 9.93. The third-order valence-corrected chi connectivity index (χ3v) is 3.72. The number of carbonyl (C=O) groups excluding carboxylic acids is 1. The number of nitrogens with one attached hydrogen (secondary N) is 2. The molecule has 0 saturated carbocycles. The lowest BCUT2D eigenvalue weighted by Crippen LogP contribution is -2.40. The topological polar surface area (TPSA) is 63.2 Å². The molecular formula is C15H23N3O2. The van der Waals surface area contributed by atoms with E-state index < -0.39 is 0 Å². The van der Waals surface area contributed by atoms with E-state index in [1.54, 1.807) is 12.3 Å². The zero-order valence-corrected chi connectivity index (χ0v) is 12.2. The molecule has 5 nitrogen and oxygen atoms in total. The summed E-state index contributed by atoms with van der Waals surface area (Å²) in [6.07, 6.45) is 3.64. The fraction of sp³-hybridized carbons (Fsp3) is 0.600. The summed E-state index contributed by atoms with van der Waals surface area (Å²) in [5.41, 5.74) is 0.602. The van der Waals surface area contributed by atoms with Crippen LogP contribution in [0.2, 0.25) is 0 Å². The van der Waals surface area contributed by atoms with E-state index in [1.165, 1.54) is 0 Å². The molecule has 2 heterocycles. The molecule has 1 aromatic heterocycles. The monoisotopic (exact) mass is 277 g/mol. The Hall–Kier alpha value is -1.62. The zero-order chi connectivity index (χ0) is 14.4. The van der Waals surface area contributed by atoms with E-state index in [0.717, 1.165) is 38.4 Å². The van der Waals surface area contributed by atoms with Crippen molar-refractivity contribution in [2.75, 3.05) is 25.1 Å². The van der Waals surface area contributed by atoms with Crippen LogP contribution in [0, 0.1) is 5.92 Å². The Bertz CT molecular complexity index is 427. The molecule has 20 heavy (non-hydrogen) atoms. The van der Waals surface area contributed by atoms with Gasteiger partial charge in [-0.05, 0) is 44.7 Å². The molecule has 5 heteroatoms. The average Bonchev–Trinajstić information content (AvgIpc) is 2.49. The van der Waals surface area contributed by atoms with Crippen molar-refractivity contribution in [2.24, 2.45) is 5.92 Å². The molecule has 0 spiro atoms. The molecule has 0 aliphatic carbocycles. The van der Waals surface area contributed by atoms with E-state index in [2.05, 4.69) is 22.5 Å². The summed E-state index contributed by atoms with van der Waals surface area (Å²) in [7, 11) is 0. The summed E-state index contributed by atoms with van der Waals surface area (Å²) in [4.78, 5) is 16.4. The van der Waals surface area contributed by atoms with E-state index in [9.17, 15) is 4.79 Å². The van der Waals surface area contributed by atoms with Gasteiger partial charge < -0.3 is 15.4 Å². The second-order valence-corrected chi connectivity index (χ2v) is 5.17. The minimum atomic E-state index is -0.0560. The molecule has 110 valence electrons. The molecular weight excluding hydrogens is 254 g/mol. The smallest absolute Gasteiger partial charge is 0.253 e. The first-order valence-corrected chi connectivity index (χ1v) is 7.29. The van der Waals surface area contributed by atoms with Crippen LogP contribution < -0.4 is 10.6 Å². The SMILES string of the molecule is CCNc1ccc(C(=O)NC(C)C2CCOCC2)cn1. The van der Waals surface area contributed by atoms with Gasteiger partial charge in [-0.15, -0.1) is 0 Å². The Morgan fingerprint density at radius 2 is 2.20 bits per heavy atom. The van der Waals surface area contributed by atoms with Crippen molar-refractivity contribution in [2.45, 2.75) is 32.7 Å². The third-order valence-electron chi connectivity index (χ3n) is 3.72. The van der Waals surface area contributed by atoms with Crippen LogP contribution >= 0.6 is 0 Å². The Balaban J connectivity index is 1.89. The van der Waals surface area contributed by atoms with Crippen molar-refractivity contribution in [1.82, 2.24) is 10.3 Å². The van der Waals surface area contributed by atoms with Gasteiger partial charge in [0.2, 0.25) is 0 Å². The number of hydrogen-bond donors (Lipinski definition) is 2. The molecule has 2 rings (SSSR count). The fourth-order valence-corrected chi connectivity index (χ4v) is 2.44. The van der Waals surface area contributed by atoms with E-state index in [-0.39, 0.29) is 11.9 Å². The van der Waals surface area contributed by atoms with Gasteiger partial charge in [0.1, 0.15) is 5.82 Å². The lowest BCUT2D eigenvalue weighted by Gasteiger charge is -2.28. The molecule has 1 atom stereocenters. The van der Waals surface area contributed by atoms with Crippen molar-refractivity contribution in [3.63, 3.8) is 0 Å². The van der Waals surface area contributed by atoms with Gasteiger partial charge in [0.25, 0.3) is 5.91 Å². The molecule has 1 aliphatic heterocycles. The van der Waals surface area contributed by atoms with Crippen LogP contribution in [-0.4, -0.2) is 36.7 Å². The van der Waals surface area contributed by atoms with Crippen LogP contribution in [0.15, 0.2) is 18.3 Å². The van der Waals surface area contributed by atoms with Crippen molar-refractivity contribution in [1.29, 1.82) is 0 Å². The average molecular weight is 277 g/mol. The maximum Gasteiger partial charge on any atom is 0.253 e. The largest absolute Gasteiger partial charge is 0.381 e. The van der Waals surface area contributed by atoms with E-state index in [0.29, 0.717) is 11.5 Å². The third kappa shape index (κ3) is 3.93. The summed E-state index contributed by atoms with van der Waals surface area (Å²) >= 11 is 0. The Morgan fingerprint density at radius 1 is 1.45 bits per heavy atom. The fourth-order valence-electron chi connectivity index (χ4n) is 2.44. The van der Waals surface area contributed by atoms with Crippen molar-refractivity contribution in [3.8, 4) is 0 Å². The summed E-state index contributed by atoms with van der Waals surface area (Å²) in [6.45, 7) is 6.49. The highest BCUT2D eigenvalue weighted by Crippen LogP contribution is 2.18. The van der Waals surface area contributed by atoms with Gasteiger partial charge in [-0.3, -0.25) is 4.79 Å². The molecule has 1 unspecified atom stereocenters. The Kier molecular flexibility index (Phi) is 5.35. The standard InChI is InChI=1S/C15H23N3O2/c1-3-16-14-5-4-13(10-17-14)15(19)18-11(2)12-6-8-20-9-7-12/h4-5,10-12H,3,6-9H2,1-2H3,(H,16,17)(H,18,19). The van der Waals surface area contributed by atoms with Gasteiger partial charge in [-0.2, -0.15) is 0 Å². The van der Waals surface area contributed by atoms with Gasteiger partial charge >= 0.3 is 0 Å². The highest BCUT2D eigenvalue weighted by molar-refractivity contribution is 5.94. The molecule has 1 saturated heterocycles. The van der Waals surface area contributed by atoms with Crippen molar-refractivity contribution in [3.05, 3.63) is 23.9 Å². The normalized spacial score (nSPS) is 17.5. The molecule has 1 fully saturated rings. The number of pyridine rings is 1. The van der Waals surface area contributed by atoms with Gasteiger partial charge in [0.05, 0.1) is 5.56 Å². The molecule has 0 aromatic carbocycles. The Labute approximate surface area is 120 Å². The summed E-state index contributed by atoms with van der Waals surface area (Å²) in [5, 5.41) is 6.17. The first-order chi connectivity index (χ1) is 9.70. The van der Waals surface area contributed by atoms with E-state index in [4.69, 9.17) is 4.74 Å². The van der Waals surface area contributed by atoms with Gasteiger partial charge in [0.15, 0.2) is 0 Å². The first kappa shape index (κ1) is 14.8. The highest BCUT2D eigenvalue weighted by Gasteiger charge is 2.22. The van der Waals surface area contributed by atoms with Crippen LogP contribution in [-0.2, 0) is 4.74 Å². The van der Waals surface area contributed by atoms with Crippen molar-refractivity contribution >= 4 is 11.7 Å². The van der Waals surface area contributed by atoms with Crippen molar-refractivity contribution < 1.29 is 9.53 Å². The number of hydrogen-bond acceptors (Lipinski definition) is 4. The molecule has 2 N–H and O–H groups in total. The molecule has 0 bridgehead atoms. The summed E-state index contributed by atoms with van der Waals surface area (Å²) in [6, 6.07) is 3.80. The van der Waals surface area contributed by atoms with Gasteiger partial charge in [0, 0.05) is 32.0 Å². The van der Waals surface area contributed by atoms with E-state index >= 15 is 0 Å². The zero-order valence-electron chi connectivity index (χ0n) is 12.2. The molecule has 1 aromatic rings. The number of ether oxygens (including phenoxy) is 1.